The van der Waals surface area contributed by atoms with E-state index in [1.54, 1.807) is 0 Å². The molecule has 0 amide bonds. The molecule has 6 aromatic rings. The van der Waals surface area contributed by atoms with Crippen molar-refractivity contribution in [2.45, 2.75) is 96.9 Å². The van der Waals surface area contributed by atoms with E-state index in [-0.39, 0.29) is 0 Å². The van der Waals surface area contributed by atoms with Crippen molar-refractivity contribution in [3.05, 3.63) is 169 Å². The van der Waals surface area contributed by atoms with Crippen LogP contribution >= 0.6 is 0 Å². The summed E-state index contributed by atoms with van der Waals surface area (Å²) in [6.07, 6.45) is 0. The summed E-state index contributed by atoms with van der Waals surface area (Å²) in [6, 6.07) is 55.6. The van der Waals surface area contributed by atoms with Crippen molar-refractivity contribution in [1.29, 1.82) is 0 Å². The van der Waals surface area contributed by atoms with Crippen molar-refractivity contribution < 1.29 is 0 Å². The molecule has 0 aromatic heterocycles. The molecule has 50 heavy (non-hydrogen) atoms. The van der Waals surface area contributed by atoms with Gasteiger partial charge in [0.1, 0.15) is 0 Å². The minimum Gasteiger partial charge on any atom is -0.0683 e. The zero-order valence-electron chi connectivity index (χ0n) is 34.0. The summed E-state index contributed by atoms with van der Waals surface area (Å²) >= 11 is 0. The molecule has 268 valence electrons. The number of hydrogen-bond donors (Lipinski definition) is 0. The fourth-order valence-corrected chi connectivity index (χ4v) is 4.60. The summed E-state index contributed by atoms with van der Waals surface area (Å²) in [5.74, 6) is 0. The van der Waals surface area contributed by atoms with E-state index in [1.807, 2.05) is 95.2 Å². The van der Waals surface area contributed by atoms with Crippen LogP contribution in [0.1, 0.15) is 94.2 Å². The van der Waals surface area contributed by atoms with Crippen LogP contribution in [-0.2, 0) is 0 Å². The Morgan fingerprint density at radius 3 is 0.780 bits per heavy atom. The van der Waals surface area contributed by atoms with Crippen LogP contribution in [0.4, 0.5) is 0 Å². The van der Waals surface area contributed by atoms with E-state index in [0.717, 1.165) is 0 Å². The van der Waals surface area contributed by atoms with Crippen molar-refractivity contribution in [2.24, 2.45) is 0 Å². The Bertz CT molecular complexity index is 1560. The fraction of sp³-hybridized carbons (Fsp3) is 0.280. The number of rotatable bonds is 4. The van der Waals surface area contributed by atoms with Gasteiger partial charge in [-0.15, -0.1) is 0 Å². The lowest BCUT2D eigenvalue weighted by atomic mass is 9.98. The number of hydrogen-bond acceptors (Lipinski definition) is 0. The highest BCUT2D eigenvalue weighted by Gasteiger charge is 2.02. The first kappa shape index (κ1) is 47.4. The predicted octanol–water partition coefficient (Wildman–Crippen LogP) is 16.8. The summed E-state index contributed by atoms with van der Waals surface area (Å²) in [4.78, 5) is 0. The normalized spacial score (nSPS) is 8.60. The van der Waals surface area contributed by atoms with Crippen LogP contribution in [0.2, 0.25) is 0 Å². The summed E-state index contributed by atoms with van der Waals surface area (Å²) in [6.45, 7) is 28.3. The lowest BCUT2D eigenvalue weighted by Crippen LogP contribution is -1.83. The smallest absolute Gasteiger partial charge is 0.0155 e. The van der Waals surface area contributed by atoms with Crippen LogP contribution in [0.15, 0.2) is 158 Å². The van der Waals surface area contributed by atoms with Gasteiger partial charge in [-0.2, -0.15) is 0 Å². The first-order valence-corrected chi connectivity index (χ1v) is 19.1. The molecule has 0 unspecified atom stereocenters. The molecule has 0 N–H and O–H groups in total. The van der Waals surface area contributed by atoms with E-state index in [9.17, 15) is 0 Å². The second kappa shape index (κ2) is 31.6. The van der Waals surface area contributed by atoms with Crippen LogP contribution in [0.5, 0.6) is 0 Å². The first-order valence-electron chi connectivity index (χ1n) is 19.1. The minimum absolute atomic E-state index is 1.26. The van der Waals surface area contributed by atoms with Crippen LogP contribution in [0.25, 0.3) is 44.5 Å². The molecule has 0 spiro atoms. The molecule has 0 fully saturated rings. The molecule has 0 aliphatic heterocycles. The molecule has 0 heteroatoms. The van der Waals surface area contributed by atoms with Gasteiger partial charge >= 0.3 is 0 Å². The SMILES string of the molecule is CC.CC.CC.CC.CC.CC.Cc1ccc(-c2ccc(-c3ccccc3)cc2)cc1.Cc1ccccc1-c1ccc(-c2ccccc2)cc1. The highest BCUT2D eigenvalue weighted by molar-refractivity contribution is 5.72. The lowest BCUT2D eigenvalue weighted by molar-refractivity contribution is 1.46. The molecule has 0 aliphatic carbocycles. The van der Waals surface area contributed by atoms with Gasteiger partial charge in [-0.1, -0.05) is 246 Å². The third kappa shape index (κ3) is 16.6. The highest BCUT2D eigenvalue weighted by atomic mass is 14.1. The second-order valence-corrected chi connectivity index (χ2v) is 9.57. The van der Waals surface area contributed by atoms with E-state index in [2.05, 4.69) is 159 Å². The van der Waals surface area contributed by atoms with Gasteiger partial charge in [-0.3, -0.25) is 0 Å². The largest absolute Gasteiger partial charge is 0.0683 e. The minimum atomic E-state index is 1.26. The number of benzene rings is 6. The summed E-state index contributed by atoms with van der Waals surface area (Å²) in [5, 5.41) is 0. The third-order valence-electron chi connectivity index (χ3n) is 6.83. The van der Waals surface area contributed by atoms with Crippen molar-refractivity contribution in [1.82, 2.24) is 0 Å². The Balaban J connectivity index is 0. The zero-order chi connectivity index (χ0) is 38.2. The molecule has 0 radical (unpaired) electrons. The van der Waals surface area contributed by atoms with Gasteiger partial charge in [-0.25, -0.2) is 0 Å². The molecule has 0 bridgehead atoms. The van der Waals surface area contributed by atoms with Crippen molar-refractivity contribution in [3.63, 3.8) is 0 Å². The van der Waals surface area contributed by atoms with Gasteiger partial charge in [0.25, 0.3) is 0 Å². The fourth-order valence-electron chi connectivity index (χ4n) is 4.60. The Kier molecular flexibility index (Phi) is 30.0. The summed E-state index contributed by atoms with van der Waals surface area (Å²) < 4.78 is 0. The van der Waals surface area contributed by atoms with Crippen LogP contribution in [0.3, 0.4) is 0 Å². The van der Waals surface area contributed by atoms with Gasteiger partial charge < -0.3 is 0 Å². The average Bonchev–Trinajstić information content (AvgIpc) is 3.24. The zero-order valence-corrected chi connectivity index (χ0v) is 34.0. The quantitative estimate of drug-likeness (QED) is 0.175. The molecular formula is C50H68. The predicted molar refractivity (Wildman–Crippen MR) is 232 cm³/mol. The molecule has 0 aliphatic rings. The van der Waals surface area contributed by atoms with Crippen LogP contribution < -0.4 is 0 Å². The molecule has 0 atom stereocenters. The van der Waals surface area contributed by atoms with Crippen molar-refractivity contribution >= 4 is 0 Å². The Morgan fingerprint density at radius 2 is 0.460 bits per heavy atom. The number of aryl methyl sites for hydroxylation is 2. The van der Waals surface area contributed by atoms with E-state index < -0.39 is 0 Å². The topological polar surface area (TPSA) is 0 Å². The van der Waals surface area contributed by atoms with Gasteiger partial charge in [0.15, 0.2) is 0 Å². The standard InChI is InChI=1S/2C19H16.6C2H6/c1-15-7-5-6-10-19(15)18-13-11-17(12-14-18)16-8-3-2-4-9-16;1-15-7-9-17(10-8-15)19-13-11-18(12-14-19)16-5-3-2-4-6-16;6*1-2/h2*2-14H,1H3;6*1-2H3. The first-order chi connectivity index (χ1) is 24.7. The van der Waals surface area contributed by atoms with Gasteiger partial charge in [0.2, 0.25) is 0 Å². The van der Waals surface area contributed by atoms with Crippen LogP contribution in [-0.4, -0.2) is 0 Å². The maximum Gasteiger partial charge on any atom is -0.0155 e. The van der Waals surface area contributed by atoms with E-state index in [1.165, 1.54) is 55.6 Å². The Hall–Kier alpha value is -4.68. The average molecular weight is 669 g/mol. The summed E-state index contributed by atoms with van der Waals surface area (Å²) in [7, 11) is 0. The van der Waals surface area contributed by atoms with E-state index >= 15 is 0 Å². The van der Waals surface area contributed by atoms with Crippen molar-refractivity contribution in [2.75, 3.05) is 0 Å². The third-order valence-corrected chi connectivity index (χ3v) is 6.83. The van der Waals surface area contributed by atoms with Gasteiger partial charge in [-0.05, 0) is 63.9 Å². The lowest BCUT2D eigenvalue weighted by Gasteiger charge is -2.07. The molecular weight excluding hydrogens is 601 g/mol. The molecule has 0 heterocycles. The maximum absolute atomic E-state index is 2.20. The van der Waals surface area contributed by atoms with Crippen molar-refractivity contribution in [3.8, 4) is 44.5 Å². The molecule has 6 aromatic carbocycles. The molecule has 0 saturated heterocycles. The monoisotopic (exact) mass is 669 g/mol. The maximum atomic E-state index is 2.20. The molecule has 0 saturated carbocycles. The Morgan fingerprint density at radius 1 is 0.220 bits per heavy atom. The molecule has 6 rings (SSSR count). The van der Waals surface area contributed by atoms with Gasteiger partial charge in [0.05, 0.1) is 0 Å². The van der Waals surface area contributed by atoms with Gasteiger partial charge in [0, 0.05) is 0 Å². The second-order valence-electron chi connectivity index (χ2n) is 9.57. The van der Waals surface area contributed by atoms with E-state index in [4.69, 9.17) is 0 Å². The van der Waals surface area contributed by atoms with E-state index in [0.29, 0.717) is 0 Å². The summed E-state index contributed by atoms with van der Waals surface area (Å²) in [5.41, 5.74) is 12.8. The Labute approximate surface area is 309 Å². The molecule has 0 nitrogen and oxygen atoms in total. The van der Waals surface area contributed by atoms with Crippen LogP contribution in [0, 0.1) is 13.8 Å². The highest BCUT2D eigenvalue weighted by Crippen LogP contribution is 2.27.